The second kappa shape index (κ2) is 10.2. The molecule has 1 aliphatic rings. The standard InChI is InChI=1S/C23H28FN3O3/c1-16-3-8-21(30-2)20(13-16)26-22(28)15-27-11-9-18(10-12-27)23(29)25-14-17-4-6-19(24)7-5-17/h3-8,13,18H,9-12,14-15H2,1-2H3,(H,25,29)(H,26,28). The average Bonchev–Trinajstić information content (AvgIpc) is 2.74. The fraction of sp³-hybridized carbons (Fsp3) is 0.391. The van der Waals surface area contributed by atoms with Crippen molar-refractivity contribution < 1.29 is 18.7 Å². The van der Waals surface area contributed by atoms with Crippen molar-refractivity contribution in [2.75, 3.05) is 32.1 Å². The van der Waals surface area contributed by atoms with E-state index in [0.29, 0.717) is 43.9 Å². The summed E-state index contributed by atoms with van der Waals surface area (Å²) < 4.78 is 18.3. The van der Waals surface area contributed by atoms with Crippen LogP contribution < -0.4 is 15.4 Å². The van der Waals surface area contributed by atoms with Gasteiger partial charge in [-0.1, -0.05) is 18.2 Å². The van der Waals surface area contributed by atoms with Crippen molar-refractivity contribution >= 4 is 17.5 Å². The first-order chi connectivity index (χ1) is 14.4. The van der Waals surface area contributed by atoms with E-state index in [1.807, 2.05) is 25.1 Å². The Kier molecular flexibility index (Phi) is 7.41. The predicted molar refractivity (Wildman–Crippen MR) is 114 cm³/mol. The van der Waals surface area contributed by atoms with Crippen LogP contribution in [0.5, 0.6) is 5.75 Å². The minimum absolute atomic E-state index is 0.00734. The van der Waals surface area contributed by atoms with Crippen molar-refractivity contribution in [1.82, 2.24) is 10.2 Å². The quantitative estimate of drug-likeness (QED) is 0.732. The predicted octanol–water partition coefficient (Wildman–Crippen LogP) is 3.11. The number of benzene rings is 2. The van der Waals surface area contributed by atoms with Crippen LogP contribution in [-0.2, 0) is 16.1 Å². The molecule has 0 radical (unpaired) electrons. The number of piperidine rings is 1. The zero-order valence-electron chi connectivity index (χ0n) is 17.4. The number of carbonyl (C=O) groups excluding carboxylic acids is 2. The summed E-state index contributed by atoms with van der Waals surface area (Å²) in [6.45, 7) is 4.00. The molecule has 1 fully saturated rings. The van der Waals surface area contributed by atoms with Gasteiger partial charge in [0.15, 0.2) is 0 Å². The summed E-state index contributed by atoms with van der Waals surface area (Å²) in [5, 5.41) is 5.84. The number of likely N-dealkylation sites (tertiary alicyclic amines) is 1. The minimum Gasteiger partial charge on any atom is -0.495 e. The third-order valence-corrected chi connectivity index (χ3v) is 5.33. The molecule has 0 aromatic heterocycles. The van der Waals surface area contributed by atoms with Gasteiger partial charge in [-0.05, 0) is 68.2 Å². The molecule has 7 heteroatoms. The van der Waals surface area contributed by atoms with Gasteiger partial charge in [-0.15, -0.1) is 0 Å². The van der Waals surface area contributed by atoms with Gasteiger partial charge in [-0.25, -0.2) is 4.39 Å². The molecule has 6 nitrogen and oxygen atoms in total. The van der Waals surface area contributed by atoms with Gasteiger partial charge >= 0.3 is 0 Å². The summed E-state index contributed by atoms with van der Waals surface area (Å²) >= 11 is 0. The van der Waals surface area contributed by atoms with Crippen LogP contribution in [0.3, 0.4) is 0 Å². The highest BCUT2D eigenvalue weighted by molar-refractivity contribution is 5.93. The summed E-state index contributed by atoms with van der Waals surface area (Å²) in [5.41, 5.74) is 2.57. The average molecular weight is 413 g/mol. The lowest BCUT2D eigenvalue weighted by Crippen LogP contribution is -2.43. The molecule has 1 heterocycles. The molecule has 0 spiro atoms. The van der Waals surface area contributed by atoms with E-state index in [1.165, 1.54) is 12.1 Å². The number of halogens is 1. The molecular weight excluding hydrogens is 385 g/mol. The van der Waals surface area contributed by atoms with Crippen LogP contribution in [0.1, 0.15) is 24.0 Å². The molecule has 2 aromatic carbocycles. The molecular formula is C23H28FN3O3. The Morgan fingerprint density at radius 3 is 2.50 bits per heavy atom. The van der Waals surface area contributed by atoms with Crippen LogP contribution >= 0.6 is 0 Å². The van der Waals surface area contributed by atoms with Crippen molar-refractivity contribution in [3.05, 3.63) is 59.4 Å². The fourth-order valence-corrected chi connectivity index (χ4v) is 3.60. The summed E-state index contributed by atoms with van der Waals surface area (Å²) in [6, 6.07) is 11.8. The third-order valence-electron chi connectivity index (χ3n) is 5.33. The highest BCUT2D eigenvalue weighted by atomic mass is 19.1. The SMILES string of the molecule is COc1ccc(C)cc1NC(=O)CN1CCC(C(=O)NCc2ccc(F)cc2)CC1. The van der Waals surface area contributed by atoms with Crippen LogP contribution in [-0.4, -0.2) is 43.5 Å². The van der Waals surface area contributed by atoms with Gasteiger partial charge in [-0.2, -0.15) is 0 Å². The maximum Gasteiger partial charge on any atom is 0.238 e. The smallest absolute Gasteiger partial charge is 0.238 e. The first kappa shape index (κ1) is 21.8. The van der Waals surface area contributed by atoms with Crippen molar-refractivity contribution in [2.45, 2.75) is 26.3 Å². The molecule has 0 unspecified atom stereocenters. The number of nitrogens with one attached hydrogen (secondary N) is 2. The van der Waals surface area contributed by atoms with Crippen LogP contribution in [0.15, 0.2) is 42.5 Å². The first-order valence-electron chi connectivity index (χ1n) is 10.1. The van der Waals surface area contributed by atoms with Gasteiger partial charge in [0.1, 0.15) is 11.6 Å². The van der Waals surface area contributed by atoms with Gasteiger partial charge in [-0.3, -0.25) is 14.5 Å². The van der Waals surface area contributed by atoms with Gasteiger partial charge in [0.25, 0.3) is 0 Å². The summed E-state index contributed by atoms with van der Waals surface area (Å²) in [6.07, 6.45) is 1.41. The highest BCUT2D eigenvalue weighted by Gasteiger charge is 2.26. The Labute approximate surface area is 176 Å². The van der Waals surface area contributed by atoms with E-state index in [1.54, 1.807) is 19.2 Å². The van der Waals surface area contributed by atoms with E-state index in [0.717, 1.165) is 11.1 Å². The Hall–Kier alpha value is -2.93. The van der Waals surface area contributed by atoms with Crippen LogP contribution in [0, 0.1) is 18.7 Å². The van der Waals surface area contributed by atoms with E-state index >= 15 is 0 Å². The number of anilines is 1. The molecule has 3 rings (SSSR count). The van der Waals surface area contributed by atoms with Crippen molar-refractivity contribution in [3.63, 3.8) is 0 Å². The number of carbonyl (C=O) groups is 2. The van der Waals surface area contributed by atoms with Crippen LogP contribution in [0.25, 0.3) is 0 Å². The number of amides is 2. The Balaban J connectivity index is 1.42. The molecule has 2 amide bonds. The van der Waals surface area contributed by atoms with Gasteiger partial charge in [0.05, 0.1) is 19.3 Å². The molecule has 2 aromatic rings. The Morgan fingerprint density at radius 1 is 1.13 bits per heavy atom. The number of methoxy groups -OCH3 is 1. The molecule has 30 heavy (non-hydrogen) atoms. The van der Waals surface area contributed by atoms with Crippen molar-refractivity contribution in [2.24, 2.45) is 5.92 Å². The number of hydrogen-bond acceptors (Lipinski definition) is 4. The minimum atomic E-state index is -0.290. The molecule has 0 atom stereocenters. The molecule has 2 N–H and O–H groups in total. The largest absolute Gasteiger partial charge is 0.495 e. The maximum absolute atomic E-state index is 13.0. The highest BCUT2D eigenvalue weighted by Crippen LogP contribution is 2.25. The summed E-state index contributed by atoms with van der Waals surface area (Å²) in [4.78, 5) is 26.9. The monoisotopic (exact) mass is 413 g/mol. The zero-order chi connectivity index (χ0) is 21.5. The molecule has 1 aliphatic heterocycles. The summed E-state index contributed by atoms with van der Waals surface area (Å²) in [7, 11) is 1.58. The van der Waals surface area contributed by atoms with Crippen LogP contribution in [0.4, 0.5) is 10.1 Å². The van der Waals surface area contributed by atoms with Gasteiger partial charge < -0.3 is 15.4 Å². The van der Waals surface area contributed by atoms with E-state index < -0.39 is 0 Å². The number of rotatable bonds is 7. The molecule has 160 valence electrons. The van der Waals surface area contributed by atoms with Gasteiger partial charge in [0, 0.05) is 12.5 Å². The second-order valence-corrected chi connectivity index (χ2v) is 7.65. The molecule has 1 saturated heterocycles. The Bertz CT molecular complexity index is 878. The van der Waals surface area contributed by atoms with Crippen molar-refractivity contribution in [3.8, 4) is 5.75 Å². The van der Waals surface area contributed by atoms with Crippen molar-refractivity contribution in [1.29, 1.82) is 0 Å². The zero-order valence-corrected chi connectivity index (χ0v) is 17.4. The topological polar surface area (TPSA) is 70.7 Å². The van der Waals surface area contributed by atoms with E-state index in [-0.39, 0.29) is 30.1 Å². The van der Waals surface area contributed by atoms with E-state index in [4.69, 9.17) is 4.74 Å². The number of ether oxygens (including phenoxy) is 1. The third kappa shape index (κ3) is 6.03. The van der Waals surface area contributed by atoms with Crippen LogP contribution in [0.2, 0.25) is 0 Å². The van der Waals surface area contributed by atoms with Gasteiger partial charge in [0.2, 0.25) is 11.8 Å². The lowest BCUT2D eigenvalue weighted by atomic mass is 9.96. The number of nitrogens with zero attached hydrogens (tertiary/aromatic N) is 1. The summed E-state index contributed by atoms with van der Waals surface area (Å²) in [5.74, 6) is 0.181. The fourth-order valence-electron chi connectivity index (χ4n) is 3.60. The van der Waals surface area contributed by atoms with E-state index in [9.17, 15) is 14.0 Å². The molecule has 0 bridgehead atoms. The van der Waals surface area contributed by atoms with E-state index in [2.05, 4.69) is 15.5 Å². The Morgan fingerprint density at radius 2 is 1.83 bits per heavy atom. The number of hydrogen-bond donors (Lipinski definition) is 2. The first-order valence-corrected chi connectivity index (χ1v) is 10.1. The molecule has 0 aliphatic carbocycles. The number of aryl methyl sites for hydroxylation is 1. The normalized spacial score (nSPS) is 14.9. The second-order valence-electron chi connectivity index (χ2n) is 7.65. The lowest BCUT2D eigenvalue weighted by molar-refractivity contribution is -0.126. The molecule has 0 saturated carbocycles. The lowest BCUT2D eigenvalue weighted by Gasteiger charge is -2.30. The maximum atomic E-state index is 13.0.